The third-order valence-corrected chi connectivity index (χ3v) is 4.07. The van der Waals surface area contributed by atoms with Crippen molar-refractivity contribution in [1.82, 2.24) is 0 Å². The highest BCUT2D eigenvalue weighted by molar-refractivity contribution is 6.01. The van der Waals surface area contributed by atoms with Gasteiger partial charge in [-0.2, -0.15) is 0 Å². The number of carbonyl (C=O) groups excluding carboxylic acids is 1. The maximum atomic E-state index is 11.9. The quantitative estimate of drug-likeness (QED) is 0.582. The molecule has 1 unspecified atom stereocenters. The molecule has 2 aromatic carbocycles. The number of Topliss-reactive ketones (excluding diaryl/α,β-unsaturated/α-hetero) is 1. The molecule has 1 aliphatic heterocycles. The molecule has 2 aromatic rings. The van der Waals surface area contributed by atoms with Crippen LogP contribution in [-0.2, 0) is 10.5 Å². The number of aromatic hydroxyl groups is 3. The van der Waals surface area contributed by atoms with E-state index in [-0.39, 0.29) is 51.0 Å². The molecule has 0 saturated heterocycles. The molecule has 1 aliphatic rings. The maximum absolute atomic E-state index is 11.9. The average Bonchev–Trinajstić information content (AvgIpc) is 2.50. The van der Waals surface area contributed by atoms with E-state index in [0.717, 1.165) is 0 Å². The minimum atomic E-state index is -1.43. The third kappa shape index (κ3) is 2.03. The molecule has 0 aromatic heterocycles. The number of fused-ring (bicyclic) bond motifs is 3. The van der Waals surface area contributed by atoms with Crippen LogP contribution in [0.1, 0.15) is 29.8 Å². The summed E-state index contributed by atoms with van der Waals surface area (Å²) in [5, 5.41) is 30.8. The second kappa shape index (κ2) is 4.89. The Labute approximate surface area is 132 Å². The highest BCUT2D eigenvalue weighted by Gasteiger charge is 2.43. The van der Waals surface area contributed by atoms with Gasteiger partial charge in [0.1, 0.15) is 23.0 Å². The highest BCUT2D eigenvalue weighted by Crippen LogP contribution is 2.55. The fraction of sp³-hybridized carbons (Fsp3) is 0.235. The largest absolute Gasteiger partial charge is 0.507 e. The van der Waals surface area contributed by atoms with Crippen molar-refractivity contribution in [3.63, 3.8) is 0 Å². The van der Waals surface area contributed by atoms with Gasteiger partial charge in [0.05, 0.1) is 16.7 Å². The van der Waals surface area contributed by atoms with Crippen LogP contribution >= 0.6 is 0 Å². The molecule has 0 saturated carbocycles. The molecule has 6 nitrogen and oxygen atoms in total. The molecule has 120 valence electrons. The smallest absolute Gasteiger partial charge is 0.238 e. The van der Waals surface area contributed by atoms with Crippen molar-refractivity contribution in [2.45, 2.75) is 19.6 Å². The predicted molar refractivity (Wildman–Crippen MR) is 81.9 cm³/mol. The van der Waals surface area contributed by atoms with E-state index in [1.54, 1.807) is 6.92 Å². The van der Waals surface area contributed by atoms with Gasteiger partial charge in [0.25, 0.3) is 0 Å². The molecule has 0 fully saturated rings. The first-order valence-electron chi connectivity index (χ1n) is 6.97. The third-order valence-electron chi connectivity index (χ3n) is 4.07. The van der Waals surface area contributed by atoms with Gasteiger partial charge in [-0.05, 0) is 31.2 Å². The number of ketones is 1. The zero-order valence-electron chi connectivity index (χ0n) is 12.9. The normalized spacial score (nSPS) is 18.7. The lowest BCUT2D eigenvalue weighted by Gasteiger charge is -2.37. The summed E-state index contributed by atoms with van der Waals surface area (Å²) in [6.07, 6.45) is 0. The summed E-state index contributed by atoms with van der Waals surface area (Å²) >= 11 is 0. The van der Waals surface area contributed by atoms with Crippen LogP contribution in [0.5, 0.6) is 23.0 Å². The Balaban J connectivity index is 2.49. The van der Waals surface area contributed by atoms with Crippen LogP contribution in [-0.4, -0.2) is 28.2 Å². The summed E-state index contributed by atoms with van der Waals surface area (Å²) in [7, 11) is 1.38. The first kappa shape index (κ1) is 15.2. The van der Waals surface area contributed by atoms with Crippen LogP contribution in [0.15, 0.2) is 24.3 Å². The van der Waals surface area contributed by atoms with Gasteiger partial charge in [-0.15, -0.1) is 0 Å². The molecule has 1 atom stereocenters. The number of hydrogen-bond acceptors (Lipinski definition) is 6. The Bertz CT molecular complexity index is 826. The number of rotatable bonds is 2. The molecular formula is C17H16O6. The topological polar surface area (TPSA) is 96.2 Å². The summed E-state index contributed by atoms with van der Waals surface area (Å²) in [5.41, 5.74) is 0.754. The number of phenolic OH excluding ortho intramolecular Hbond substituents is 3. The van der Waals surface area contributed by atoms with E-state index in [1.165, 1.54) is 38.3 Å². The second-order valence-corrected chi connectivity index (χ2v) is 5.50. The summed E-state index contributed by atoms with van der Waals surface area (Å²) in [6, 6.07) is 5.41. The van der Waals surface area contributed by atoms with Crippen molar-refractivity contribution in [1.29, 1.82) is 0 Å². The molecule has 1 heterocycles. The van der Waals surface area contributed by atoms with E-state index >= 15 is 0 Å². The van der Waals surface area contributed by atoms with E-state index in [0.29, 0.717) is 0 Å². The Kier molecular flexibility index (Phi) is 3.23. The Hall–Kier alpha value is -2.73. The van der Waals surface area contributed by atoms with Crippen molar-refractivity contribution in [3.05, 3.63) is 35.4 Å². The number of benzene rings is 2. The summed E-state index contributed by atoms with van der Waals surface area (Å²) in [5.74, 6) is -2.08. The summed E-state index contributed by atoms with van der Waals surface area (Å²) in [4.78, 5) is 11.9. The first-order chi connectivity index (χ1) is 10.8. The summed E-state index contributed by atoms with van der Waals surface area (Å²) < 4.78 is 11.2. The monoisotopic (exact) mass is 316 g/mol. The van der Waals surface area contributed by atoms with Gasteiger partial charge in [-0.3, -0.25) is 4.79 Å². The number of ether oxygens (including phenoxy) is 2. The molecule has 23 heavy (non-hydrogen) atoms. The van der Waals surface area contributed by atoms with Gasteiger partial charge in [-0.1, -0.05) is 0 Å². The molecular weight excluding hydrogens is 300 g/mol. The number of hydrogen-bond donors (Lipinski definition) is 3. The lowest BCUT2D eigenvalue weighted by atomic mass is 9.87. The van der Waals surface area contributed by atoms with Crippen molar-refractivity contribution >= 4 is 5.78 Å². The van der Waals surface area contributed by atoms with E-state index in [2.05, 4.69) is 0 Å². The van der Waals surface area contributed by atoms with Crippen LogP contribution < -0.4 is 4.74 Å². The molecule has 0 amide bonds. The fourth-order valence-electron chi connectivity index (χ4n) is 2.88. The molecule has 3 N–H and O–H groups in total. The lowest BCUT2D eigenvalue weighted by Crippen LogP contribution is -2.35. The van der Waals surface area contributed by atoms with Crippen molar-refractivity contribution in [2.24, 2.45) is 0 Å². The Morgan fingerprint density at radius 1 is 1.04 bits per heavy atom. The zero-order chi connectivity index (χ0) is 16.9. The van der Waals surface area contributed by atoms with Crippen molar-refractivity contribution < 1.29 is 29.6 Å². The zero-order valence-corrected chi connectivity index (χ0v) is 12.9. The molecule has 0 bridgehead atoms. The first-order valence-corrected chi connectivity index (χ1v) is 6.97. The Morgan fingerprint density at radius 3 is 2.22 bits per heavy atom. The van der Waals surface area contributed by atoms with Gasteiger partial charge in [0.15, 0.2) is 5.78 Å². The fourth-order valence-corrected chi connectivity index (χ4v) is 2.88. The minimum Gasteiger partial charge on any atom is -0.507 e. The van der Waals surface area contributed by atoms with E-state index in [1.807, 2.05) is 0 Å². The minimum absolute atomic E-state index is 0.107. The number of methoxy groups -OCH3 is 1. The second-order valence-electron chi connectivity index (χ2n) is 5.50. The number of phenols is 3. The molecule has 3 rings (SSSR count). The highest BCUT2D eigenvalue weighted by atomic mass is 16.7. The molecule has 0 spiro atoms. The van der Waals surface area contributed by atoms with E-state index in [4.69, 9.17) is 9.47 Å². The van der Waals surface area contributed by atoms with Gasteiger partial charge in [0.2, 0.25) is 5.79 Å². The van der Waals surface area contributed by atoms with Crippen LogP contribution in [0, 0.1) is 0 Å². The van der Waals surface area contributed by atoms with Crippen molar-refractivity contribution in [3.8, 4) is 34.1 Å². The van der Waals surface area contributed by atoms with E-state index < -0.39 is 5.79 Å². The standard InChI is InChI=1S/C17H16O6/c1-8(18)9-4-5-11(20)14-13-10(19)6-7-12(21)15(13)17(2,22-3)23-16(9)14/h4-7,19-21H,1-3H3. The van der Waals surface area contributed by atoms with Crippen LogP contribution in [0.2, 0.25) is 0 Å². The van der Waals surface area contributed by atoms with Crippen molar-refractivity contribution in [2.75, 3.05) is 7.11 Å². The predicted octanol–water partition coefficient (Wildman–Crippen LogP) is 2.88. The van der Waals surface area contributed by atoms with Crippen LogP contribution in [0.25, 0.3) is 11.1 Å². The SMILES string of the molecule is COC1(C)Oc2c(C(C)=O)ccc(O)c2-c2c(O)ccc(O)c21. The molecule has 0 radical (unpaired) electrons. The lowest BCUT2D eigenvalue weighted by molar-refractivity contribution is -0.160. The average molecular weight is 316 g/mol. The van der Waals surface area contributed by atoms with Gasteiger partial charge < -0.3 is 24.8 Å². The Morgan fingerprint density at radius 2 is 1.61 bits per heavy atom. The number of carbonyl (C=O) groups is 1. The molecule has 0 aliphatic carbocycles. The van der Waals surface area contributed by atoms with Gasteiger partial charge >= 0.3 is 0 Å². The maximum Gasteiger partial charge on any atom is 0.238 e. The van der Waals surface area contributed by atoms with Crippen LogP contribution in [0.3, 0.4) is 0 Å². The van der Waals surface area contributed by atoms with E-state index in [9.17, 15) is 20.1 Å². The summed E-state index contributed by atoms with van der Waals surface area (Å²) in [6.45, 7) is 2.93. The molecule has 6 heteroatoms. The van der Waals surface area contributed by atoms with Crippen LogP contribution in [0.4, 0.5) is 0 Å². The van der Waals surface area contributed by atoms with Gasteiger partial charge in [-0.25, -0.2) is 0 Å². The van der Waals surface area contributed by atoms with Gasteiger partial charge in [0, 0.05) is 19.6 Å².